The van der Waals surface area contributed by atoms with Crippen molar-refractivity contribution < 1.29 is 0 Å². The van der Waals surface area contributed by atoms with E-state index in [0.717, 1.165) is 19.1 Å². The maximum absolute atomic E-state index is 5.21. The van der Waals surface area contributed by atoms with Crippen molar-refractivity contribution in [1.82, 2.24) is 15.1 Å². The number of hydrogen-bond acceptors (Lipinski definition) is 3. The molecular formula is C13H23N3. The van der Waals surface area contributed by atoms with E-state index in [0.29, 0.717) is 12.6 Å². The summed E-state index contributed by atoms with van der Waals surface area (Å²) in [5.41, 5.74) is 0. The number of terminal acetylenes is 1. The molecule has 0 aromatic carbocycles. The average molecular weight is 221 g/mol. The molecule has 0 amide bonds. The van der Waals surface area contributed by atoms with Crippen molar-refractivity contribution in [3.8, 4) is 12.3 Å². The van der Waals surface area contributed by atoms with Crippen molar-refractivity contribution in [2.24, 2.45) is 0 Å². The van der Waals surface area contributed by atoms with Gasteiger partial charge >= 0.3 is 0 Å². The molecule has 2 aliphatic heterocycles. The third kappa shape index (κ3) is 2.76. The number of piperazine rings is 1. The van der Waals surface area contributed by atoms with Gasteiger partial charge in [0, 0.05) is 38.3 Å². The molecule has 0 aliphatic carbocycles. The molecule has 2 atom stereocenters. The molecule has 2 unspecified atom stereocenters. The molecule has 1 N–H and O–H groups in total. The minimum atomic E-state index is 0.692. The first-order valence-electron chi connectivity index (χ1n) is 6.43. The zero-order chi connectivity index (χ0) is 11.4. The Morgan fingerprint density at radius 2 is 2.31 bits per heavy atom. The van der Waals surface area contributed by atoms with E-state index in [1.54, 1.807) is 0 Å². The van der Waals surface area contributed by atoms with E-state index < -0.39 is 0 Å². The molecule has 2 rings (SSSR count). The van der Waals surface area contributed by atoms with Crippen LogP contribution in [0.1, 0.15) is 19.8 Å². The Bertz CT molecular complexity index is 258. The molecule has 90 valence electrons. The molecule has 0 spiro atoms. The topological polar surface area (TPSA) is 18.5 Å². The van der Waals surface area contributed by atoms with E-state index in [-0.39, 0.29) is 0 Å². The molecule has 2 fully saturated rings. The smallest absolute Gasteiger partial charge is 0.0574 e. The Balaban J connectivity index is 1.74. The summed E-state index contributed by atoms with van der Waals surface area (Å²) in [4.78, 5) is 5.27. The van der Waals surface area contributed by atoms with Gasteiger partial charge in [0.05, 0.1) is 6.54 Å². The lowest BCUT2D eigenvalue weighted by molar-refractivity contribution is 0.0606. The fraction of sp³-hybridized carbons (Fsp3) is 0.846. The van der Waals surface area contributed by atoms with Gasteiger partial charge in [-0.3, -0.25) is 9.80 Å². The molecule has 0 bridgehead atoms. The highest BCUT2D eigenvalue weighted by Gasteiger charge is 2.33. The molecule has 0 radical (unpaired) electrons. The fourth-order valence-corrected chi connectivity index (χ4v) is 2.94. The molecule has 0 saturated carbocycles. The normalized spacial score (nSPS) is 31.2. The van der Waals surface area contributed by atoms with Gasteiger partial charge < -0.3 is 5.32 Å². The summed E-state index contributed by atoms with van der Waals surface area (Å²) in [6.45, 7) is 9.00. The predicted octanol–water partition coefficient (Wildman–Crippen LogP) is 0.378. The summed E-state index contributed by atoms with van der Waals surface area (Å²) < 4.78 is 0. The van der Waals surface area contributed by atoms with Crippen molar-refractivity contribution in [3.05, 3.63) is 0 Å². The zero-order valence-corrected chi connectivity index (χ0v) is 10.3. The van der Waals surface area contributed by atoms with Gasteiger partial charge in [-0.2, -0.15) is 0 Å². The van der Waals surface area contributed by atoms with Crippen molar-refractivity contribution >= 4 is 0 Å². The number of nitrogens with zero attached hydrogens (tertiary/aromatic N) is 2. The van der Waals surface area contributed by atoms with Gasteiger partial charge in [-0.1, -0.05) is 5.92 Å². The Morgan fingerprint density at radius 1 is 1.44 bits per heavy atom. The number of hydrogen-bond donors (Lipinski definition) is 1. The van der Waals surface area contributed by atoms with E-state index in [4.69, 9.17) is 6.42 Å². The van der Waals surface area contributed by atoms with Gasteiger partial charge in [-0.05, 0) is 26.3 Å². The minimum absolute atomic E-state index is 0.692. The van der Waals surface area contributed by atoms with Gasteiger partial charge in [-0.25, -0.2) is 0 Å². The monoisotopic (exact) mass is 221 g/mol. The number of rotatable bonds is 4. The molecule has 3 nitrogen and oxygen atoms in total. The Morgan fingerprint density at radius 3 is 3.12 bits per heavy atom. The summed E-state index contributed by atoms with van der Waals surface area (Å²) in [6, 6.07) is 1.52. The number of nitrogens with one attached hydrogen (secondary N) is 1. The molecule has 2 heterocycles. The average Bonchev–Trinajstić information content (AvgIpc) is 2.71. The highest BCUT2D eigenvalue weighted by Crippen LogP contribution is 2.23. The second-order valence-corrected chi connectivity index (χ2v) is 5.02. The molecular weight excluding hydrogens is 198 g/mol. The third-order valence-electron chi connectivity index (χ3n) is 3.87. The molecule has 3 heteroatoms. The van der Waals surface area contributed by atoms with Crippen LogP contribution in [0.3, 0.4) is 0 Å². The van der Waals surface area contributed by atoms with Crippen LogP contribution in [0.2, 0.25) is 0 Å². The van der Waals surface area contributed by atoms with Crippen LogP contribution in [0.4, 0.5) is 0 Å². The summed E-state index contributed by atoms with van der Waals surface area (Å²) in [7, 11) is 0. The molecule has 0 aromatic rings. The van der Waals surface area contributed by atoms with Crippen LogP contribution in [-0.2, 0) is 0 Å². The van der Waals surface area contributed by atoms with E-state index in [1.807, 2.05) is 0 Å². The molecule has 2 saturated heterocycles. The molecule has 16 heavy (non-hydrogen) atoms. The first kappa shape index (κ1) is 11.9. The van der Waals surface area contributed by atoms with E-state index in [9.17, 15) is 0 Å². The van der Waals surface area contributed by atoms with Crippen LogP contribution >= 0.6 is 0 Å². The van der Waals surface area contributed by atoms with Crippen LogP contribution in [-0.4, -0.2) is 61.2 Å². The fourth-order valence-electron chi connectivity index (χ4n) is 2.94. The van der Waals surface area contributed by atoms with Crippen LogP contribution in [0.5, 0.6) is 0 Å². The Labute approximate surface area is 99.2 Å². The van der Waals surface area contributed by atoms with Gasteiger partial charge in [0.2, 0.25) is 0 Å². The predicted molar refractivity (Wildman–Crippen MR) is 67.3 cm³/mol. The van der Waals surface area contributed by atoms with Gasteiger partial charge in [0.15, 0.2) is 0 Å². The standard InChI is InChI=1S/C13H23N3/c1-3-6-14-7-9-15-11-13-5-4-8-16(13)10-12(15)2/h1,12-14H,4-11H2,2H3. The van der Waals surface area contributed by atoms with E-state index >= 15 is 0 Å². The second kappa shape index (κ2) is 5.67. The van der Waals surface area contributed by atoms with Crippen molar-refractivity contribution in [3.63, 3.8) is 0 Å². The first-order valence-corrected chi connectivity index (χ1v) is 6.43. The largest absolute Gasteiger partial charge is 0.305 e. The summed E-state index contributed by atoms with van der Waals surface area (Å²) in [5, 5.41) is 3.27. The SMILES string of the molecule is C#CCNCCN1CC2CCCN2CC1C. The minimum Gasteiger partial charge on any atom is -0.305 e. The van der Waals surface area contributed by atoms with Crippen LogP contribution in [0.25, 0.3) is 0 Å². The van der Waals surface area contributed by atoms with Crippen LogP contribution in [0, 0.1) is 12.3 Å². The summed E-state index contributed by atoms with van der Waals surface area (Å²) in [6.07, 6.45) is 7.99. The first-order chi connectivity index (χ1) is 7.81. The van der Waals surface area contributed by atoms with Crippen molar-refractivity contribution in [1.29, 1.82) is 0 Å². The summed E-state index contributed by atoms with van der Waals surface area (Å²) in [5.74, 6) is 2.62. The zero-order valence-electron chi connectivity index (χ0n) is 10.3. The highest BCUT2D eigenvalue weighted by atomic mass is 15.3. The number of fused-ring (bicyclic) bond motifs is 1. The van der Waals surface area contributed by atoms with Gasteiger partial charge in [0.1, 0.15) is 0 Å². The van der Waals surface area contributed by atoms with Crippen LogP contribution in [0.15, 0.2) is 0 Å². The Hall–Kier alpha value is -0.560. The summed E-state index contributed by atoms with van der Waals surface area (Å²) >= 11 is 0. The lowest BCUT2D eigenvalue weighted by Gasteiger charge is -2.42. The van der Waals surface area contributed by atoms with E-state index in [1.165, 1.54) is 32.5 Å². The molecule has 2 aliphatic rings. The van der Waals surface area contributed by atoms with Crippen LogP contribution < -0.4 is 5.32 Å². The van der Waals surface area contributed by atoms with Crippen molar-refractivity contribution in [2.75, 3.05) is 39.3 Å². The maximum atomic E-state index is 5.21. The van der Waals surface area contributed by atoms with E-state index in [2.05, 4.69) is 28.0 Å². The lowest BCUT2D eigenvalue weighted by Crippen LogP contribution is -2.56. The quantitative estimate of drug-likeness (QED) is 0.547. The van der Waals surface area contributed by atoms with Gasteiger partial charge in [-0.15, -0.1) is 6.42 Å². The Kier molecular flexibility index (Phi) is 4.22. The lowest BCUT2D eigenvalue weighted by atomic mass is 10.1. The third-order valence-corrected chi connectivity index (χ3v) is 3.87. The highest BCUT2D eigenvalue weighted by molar-refractivity contribution is 4.91. The molecule has 0 aromatic heterocycles. The van der Waals surface area contributed by atoms with Crippen molar-refractivity contribution in [2.45, 2.75) is 31.8 Å². The van der Waals surface area contributed by atoms with Gasteiger partial charge in [0.25, 0.3) is 0 Å². The second-order valence-electron chi connectivity index (χ2n) is 5.02. The maximum Gasteiger partial charge on any atom is 0.0574 e.